The van der Waals surface area contributed by atoms with E-state index in [-0.39, 0.29) is 53.7 Å². The molecule has 0 bridgehead atoms. The van der Waals surface area contributed by atoms with E-state index in [1.807, 2.05) is 6.07 Å². The standard InChI is InChI=1S/C21H24F4N4O.HI/c1-26-21(27-13-17-18(23)6-3-7-19(17)30-20(24)25)28-15-8-10-29(11-9-15)16-5-2-4-14(22)12-16;/h2-7,12,15,20H,8-11,13H2,1H3,(H2,26,27,28);1H. The van der Waals surface area contributed by atoms with Crippen LogP contribution in [0.1, 0.15) is 18.4 Å². The van der Waals surface area contributed by atoms with Crippen LogP contribution in [-0.4, -0.2) is 38.8 Å². The molecule has 1 aliphatic rings. The first-order valence-electron chi connectivity index (χ1n) is 9.66. The van der Waals surface area contributed by atoms with Crippen LogP contribution in [-0.2, 0) is 6.54 Å². The largest absolute Gasteiger partial charge is 0.434 e. The van der Waals surface area contributed by atoms with Crippen LogP contribution in [0.4, 0.5) is 23.2 Å². The Balaban J connectivity index is 0.00000341. The van der Waals surface area contributed by atoms with E-state index in [9.17, 15) is 17.6 Å². The fraction of sp³-hybridized carbons (Fsp3) is 0.381. The predicted molar refractivity (Wildman–Crippen MR) is 123 cm³/mol. The Hall–Kier alpha value is -2.24. The number of aliphatic imine (C=N–C) groups is 1. The molecule has 2 aromatic carbocycles. The molecular weight excluding hydrogens is 527 g/mol. The number of piperidine rings is 1. The number of guanidine groups is 1. The van der Waals surface area contributed by atoms with Gasteiger partial charge in [-0.15, -0.1) is 24.0 Å². The summed E-state index contributed by atoms with van der Waals surface area (Å²) in [6, 6.07) is 10.4. The first kappa shape index (κ1) is 25.0. The summed E-state index contributed by atoms with van der Waals surface area (Å²) in [5.74, 6) is -0.679. The molecule has 0 saturated carbocycles. The molecule has 0 amide bonds. The van der Waals surface area contributed by atoms with E-state index in [0.717, 1.165) is 31.6 Å². The molecule has 2 aromatic rings. The highest BCUT2D eigenvalue weighted by Gasteiger charge is 2.21. The highest BCUT2D eigenvalue weighted by molar-refractivity contribution is 14.0. The molecule has 0 unspecified atom stereocenters. The highest BCUT2D eigenvalue weighted by Crippen LogP contribution is 2.23. The average Bonchev–Trinajstić information content (AvgIpc) is 2.72. The third kappa shape index (κ3) is 7.15. The molecule has 0 spiro atoms. The van der Waals surface area contributed by atoms with Crippen molar-refractivity contribution in [1.82, 2.24) is 10.6 Å². The summed E-state index contributed by atoms with van der Waals surface area (Å²) in [6.45, 7) is -1.60. The van der Waals surface area contributed by atoms with Crippen molar-refractivity contribution in [2.45, 2.75) is 32.0 Å². The number of benzene rings is 2. The van der Waals surface area contributed by atoms with Crippen LogP contribution in [0.3, 0.4) is 0 Å². The van der Waals surface area contributed by atoms with E-state index in [2.05, 4.69) is 25.3 Å². The minimum Gasteiger partial charge on any atom is -0.434 e. The summed E-state index contributed by atoms with van der Waals surface area (Å²) in [6.07, 6.45) is 1.60. The zero-order chi connectivity index (χ0) is 21.5. The molecule has 0 atom stereocenters. The Kier molecular flexibility index (Phi) is 9.66. The number of nitrogens with one attached hydrogen (secondary N) is 2. The van der Waals surface area contributed by atoms with Crippen LogP contribution in [0, 0.1) is 11.6 Å². The lowest BCUT2D eigenvalue weighted by Gasteiger charge is -2.34. The van der Waals surface area contributed by atoms with Crippen molar-refractivity contribution >= 4 is 35.6 Å². The van der Waals surface area contributed by atoms with E-state index in [4.69, 9.17) is 0 Å². The second-order valence-corrected chi connectivity index (χ2v) is 6.91. The van der Waals surface area contributed by atoms with E-state index in [0.29, 0.717) is 5.96 Å². The number of anilines is 1. The third-order valence-corrected chi connectivity index (χ3v) is 4.96. The normalized spacial score (nSPS) is 14.9. The van der Waals surface area contributed by atoms with Crippen LogP contribution in [0.25, 0.3) is 0 Å². The minimum absolute atomic E-state index is 0. The molecule has 0 aliphatic carbocycles. The Bertz CT molecular complexity index is 876. The van der Waals surface area contributed by atoms with E-state index in [1.54, 1.807) is 13.1 Å². The topological polar surface area (TPSA) is 48.9 Å². The molecule has 0 radical (unpaired) electrons. The van der Waals surface area contributed by atoms with Crippen LogP contribution in [0.5, 0.6) is 5.75 Å². The van der Waals surface area contributed by atoms with Gasteiger partial charge in [-0.2, -0.15) is 8.78 Å². The fourth-order valence-corrected chi connectivity index (χ4v) is 3.43. The van der Waals surface area contributed by atoms with E-state index >= 15 is 0 Å². The SMILES string of the molecule is CN=C(NCc1c(F)cccc1OC(F)F)NC1CCN(c2cccc(F)c2)CC1.I. The summed E-state index contributed by atoms with van der Waals surface area (Å²) in [7, 11) is 1.58. The number of ether oxygens (including phenoxy) is 1. The van der Waals surface area contributed by atoms with E-state index < -0.39 is 12.4 Å². The summed E-state index contributed by atoms with van der Waals surface area (Å²) in [5, 5.41) is 6.21. The molecule has 1 saturated heterocycles. The lowest BCUT2D eigenvalue weighted by atomic mass is 10.0. The van der Waals surface area contributed by atoms with Crippen molar-refractivity contribution in [3.8, 4) is 5.75 Å². The molecule has 170 valence electrons. The minimum atomic E-state index is -3.04. The monoisotopic (exact) mass is 552 g/mol. The maximum atomic E-state index is 14.1. The van der Waals surface area contributed by atoms with Gasteiger partial charge in [-0.05, 0) is 43.2 Å². The molecule has 1 aliphatic heterocycles. The number of halogens is 5. The van der Waals surface area contributed by atoms with Crippen molar-refractivity contribution in [1.29, 1.82) is 0 Å². The molecule has 5 nitrogen and oxygen atoms in total. The Morgan fingerprint density at radius 3 is 2.52 bits per heavy atom. The lowest BCUT2D eigenvalue weighted by molar-refractivity contribution is -0.0506. The second-order valence-electron chi connectivity index (χ2n) is 6.91. The van der Waals surface area contributed by atoms with Crippen molar-refractivity contribution in [3.05, 3.63) is 59.7 Å². The van der Waals surface area contributed by atoms with Gasteiger partial charge in [-0.1, -0.05) is 12.1 Å². The summed E-state index contributed by atoms with van der Waals surface area (Å²) in [5.41, 5.74) is 0.851. The molecule has 0 aromatic heterocycles. The van der Waals surface area contributed by atoms with Crippen molar-refractivity contribution < 1.29 is 22.3 Å². The van der Waals surface area contributed by atoms with Gasteiger partial charge < -0.3 is 20.3 Å². The van der Waals surface area contributed by atoms with Gasteiger partial charge >= 0.3 is 6.61 Å². The number of hydrogen-bond donors (Lipinski definition) is 2. The summed E-state index contributed by atoms with van der Waals surface area (Å²) < 4.78 is 57.0. The van der Waals surface area contributed by atoms with Gasteiger partial charge in [-0.3, -0.25) is 4.99 Å². The molecule has 1 fully saturated rings. The lowest BCUT2D eigenvalue weighted by Crippen LogP contribution is -2.48. The Morgan fingerprint density at radius 2 is 1.87 bits per heavy atom. The smallest absolute Gasteiger partial charge is 0.387 e. The maximum Gasteiger partial charge on any atom is 0.387 e. The molecular formula is C21H25F4IN4O. The molecule has 31 heavy (non-hydrogen) atoms. The van der Waals surface area contributed by atoms with Gasteiger partial charge in [0.15, 0.2) is 5.96 Å². The Morgan fingerprint density at radius 1 is 1.16 bits per heavy atom. The molecule has 10 heteroatoms. The van der Waals surface area contributed by atoms with Gasteiger partial charge in [0.05, 0.1) is 0 Å². The third-order valence-electron chi connectivity index (χ3n) is 4.96. The first-order chi connectivity index (χ1) is 14.5. The predicted octanol–water partition coefficient (Wildman–Crippen LogP) is 4.52. The number of hydrogen-bond acceptors (Lipinski definition) is 3. The average molecular weight is 552 g/mol. The Labute approximate surface area is 195 Å². The number of rotatable bonds is 6. The first-order valence-corrected chi connectivity index (χ1v) is 9.66. The fourth-order valence-electron chi connectivity index (χ4n) is 3.43. The number of nitrogens with zero attached hydrogens (tertiary/aromatic N) is 2. The number of alkyl halides is 2. The van der Waals surface area contributed by atoms with Crippen molar-refractivity contribution in [2.24, 2.45) is 4.99 Å². The summed E-state index contributed by atoms with van der Waals surface area (Å²) >= 11 is 0. The van der Waals surface area contributed by atoms with Crippen molar-refractivity contribution in [3.63, 3.8) is 0 Å². The van der Waals surface area contributed by atoms with Crippen LogP contribution in [0.15, 0.2) is 47.5 Å². The molecule has 1 heterocycles. The van der Waals surface area contributed by atoms with Crippen molar-refractivity contribution in [2.75, 3.05) is 25.0 Å². The van der Waals surface area contributed by atoms with Gasteiger partial charge in [0, 0.05) is 44.0 Å². The molecule has 3 rings (SSSR count). The zero-order valence-corrected chi connectivity index (χ0v) is 19.3. The molecule has 2 N–H and O–H groups in total. The van der Waals surface area contributed by atoms with E-state index in [1.165, 1.54) is 30.3 Å². The van der Waals surface area contributed by atoms with Gasteiger partial charge in [0.1, 0.15) is 17.4 Å². The van der Waals surface area contributed by atoms with Crippen LogP contribution in [0.2, 0.25) is 0 Å². The van der Waals surface area contributed by atoms with Crippen LogP contribution < -0.4 is 20.3 Å². The highest BCUT2D eigenvalue weighted by atomic mass is 127. The maximum absolute atomic E-state index is 14.1. The van der Waals surface area contributed by atoms with Gasteiger partial charge in [0.2, 0.25) is 0 Å². The van der Waals surface area contributed by atoms with Crippen LogP contribution >= 0.6 is 24.0 Å². The second kappa shape index (κ2) is 12.0. The zero-order valence-electron chi connectivity index (χ0n) is 17.0. The summed E-state index contributed by atoms with van der Waals surface area (Å²) in [4.78, 5) is 6.24. The van der Waals surface area contributed by atoms with Gasteiger partial charge in [0.25, 0.3) is 0 Å². The van der Waals surface area contributed by atoms with Gasteiger partial charge in [-0.25, -0.2) is 8.78 Å². The quantitative estimate of drug-likeness (QED) is 0.240.